The Bertz CT molecular complexity index is 249. The van der Waals surface area contributed by atoms with Crippen LogP contribution in [-0.4, -0.2) is 42.3 Å². The van der Waals surface area contributed by atoms with E-state index in [2.05, 4.69) is 37.9 Å². The highest BCUT2D eigenvalue weighted by Crippen LogP contribution is 2.20. The molecule has 0 radical (unpaired) electrons. The summed E-state index contributed by atoms with van der Waals surface area (Å²) < 4.78 is 0. The van der Waals surface area contributed by atoms with Crippen LogP contribution >= 0.6 is 0 Å². The molecule has 0 aliphatic carbocycles. The minimum absolute atomic E-state index is 0.0517. The fourth-order valence-corrected chi connectivity index (χ4v) is 2.41. The summed E-state index contributed by atoms with van der Waals surface area (Å²) in [6, 6.07) is 0. The van der Waals surface area contributed by atoms with Crippen molar-refractivity contribution >= 4 is 5.91 Å². The number of carbonyl (C=O) groups excluding carboxylic acids is 1. The molecule has 0 heterocycles. The van der Waals surface area contributed by atoms with Gasteiger partial charge in [0.15, 0.2) is 0 Å². The molecule has 0 rings (SSSR count). The van der Waals surface area contributed by atoms with Gasteiger partial charge in [0.25, 0.3) is 0 Å². The number of amides is 1. The molecule has 0 saturated heterocycles. The maximum absolute atomic E-state index is 12.0. The van der Waals surface area contributed by atoms with Crippen LogP contribution in [-0.2, 0) is 4.79 Å². The molecule has 0 saturated carbocycles. The first-order chi connectivity index (χ1) is 9.47. The second-order valence-electron chi connectivity index (χ2n) is 6.01. The number of nitrogens with zero attached hydrogens (tertiary/aromatic N) is 1. The second-order valence-corrected chi connectivity index (χ2v) is 6.01. The smallest absolute Gasteiger partial charge is 0.226 e. The van der Waals surface area contributed by atoms with Gasteiger partial charge in [-0.3, -0.25) is 9.69 Å². The van der Waals surface area contributed by atoms with Gasteiger partial charge in [0.05, 0.1) is 5.92 Å². The van der Waals surface area contributed by atoms with Crippen LogP contribution in [0.1, 0.15) is 59.8 Å². The first-order valence-electron chi connectivity index (χ1n) is 8.11. The SMILES string of the molecule is CCCCN(CCCC)C(O)C(CC(C)C)C(=O)NC. The van der Waals surface area contributed by atoms with Gasteiger partial charge < -0.3 is 10.4 Å². The fourth-order valence-electron chi connectivity index (χ4n) is 2.41. The molecule has 120 valence electrons. The van der Waals surface area contributed by atoms with Gasteiger partial charge in [-0.25, -0.2) is 0 Å². The Morgan fingerprint density at radius 2 is 1.65 bits per heavy atom. The van der Waals surface area contributed by atoms with Crippen LogP contribution in [0, 0.1) is 11.8 Å². The third kappa shape index (κ3) is 7.25. The van der Waals surface area contributed by atoms with E-state index in [0.717, 1.165) is 45.2 Å². The van der Waals surface area contributed by atoms with Crippen LogP contribution in [0.4, 0.5) is 0 Å². The van der Waals surface area contributed by atoms with E-state index in [9.17, 15) is 9.90 Å². The first-order valence-corrected chi connectivity index (χ1v) is 8.11. The molecule has 2 unspecified atom stereocenters. The number of unbranched alkanes of at least 4 members (excludes halogenated alkanes) is 2. The third-order valence-electron chi connectivity index (χ3n) is 3.64. The lowest BCUT2D eigenvalue weighted by molar-refractivity contribution is -0.135. The van der Waals surface area contributed by atoms with Crippen molar-refractivity contribution in [3.8, 4) is 0 Å². The molecule has 0 aromatic rings. The van der Waals surface area contributed by atoms with Gasteiger partial charge >= 0.3 is 0 Å². The van der Waals surface area contributed by atoms with Crippen LogP contribution in [0.25, 0.3) is 0 Å². The Kier molecular flexibility index (Phi) is 10.8. The van der Waals surface area contributed by atoms with E-state index in [4.69, 9.17) is 0 Å². The van der Waals surface area contributed by atoms with E-state index in [1.807, 2.05) is 0 Å². The number of rotatable bonds is 11. The van der Waals surface area contributed by atoms with Crippen LogP contribution in [0.5, 0.6) is 0 Å². The summed E-state index contributed by atoms with van der Waals surface area (Å²) in [7, 11) is 1.64. The molecule has 0 fully saturated rings. The van der Waals surface area contributed by atoms with Gasteiger partial charge in [-0.15, -0.1) is 0 Å². The minimum Gasteiger partial charge on any atom is -0.378 e. The van der Waals surface area contributed by atoms with Gasteiger partial charge in [-0.05, 0) is 25.2 Å². The molecule has 0 bridgehead atoms. The van der Waals surface area contributed by atoms with E-state index in [0.29, 0.717) is 5.92 Å². The lowest BCUT2D eigenvalue weighted by Crippen LogP contribution is -2.47. The quantitative estimate of drug-likeness (QED) is 0.574. The van der Waals surface area contributed by atoms with Gasteiger partial charge in [0.1, 0.15) is 6.23 Å². The number of hydrogen-bond donors (Lipinski definition) is 2. The lowest BCUT2D eigenvalue weighted by atomic mass is 9.93. The maximum Gasteiger partial charge on any atom is 0.226 e. The number of aliphatic hydroxyl groups is 1. The van der Waals surface area contributed by atoms with Gasteiger partial charge in [-0.2, -0.15) is 0 Å². The Balaban J connectivity index is 4.81. The monoisotopic (exact) mass is 286 g/mol. The predicted octanol–water partition coefficient (Wildman–Crippen LogP) is 2.62. The number of nitrogens with one attached hydrogen (secondary N) is 1. The van der Waals surface area contributed by atoms with Gasteiger partial charge in [0, 0.05) is 20.1 Å². The topological polar surface area (TPSA) is 52.6 Å². The third-order valence-corrected chi connectivity index (χ3v) is 3.64. The van der Waals surface area contributed by atoms with E-state index < -0.39 is 6.23 Å². The Labute approximate surface area is 124 Å². The molecule has 1 amide bonds. The van der Waals surface area contributed by atoms with Crippen molar-refractivity contribution in [2.24, 2.45) is 11.8 Å². The molecule has 2 atom stereocenters. The summed E-state index contributed by atoms with van der Waals surface area (Å²) in [5.74, 6) is 0.00376. The van der Waals surface area contributed by atoms with E-state index >= 15 is 0 Å². The molecule has 0 spiro atoms. The molecule has 4 nitrogen and oxygen atoms in total. The van der Waals surface area contributed by atoms with Crippen molar-refractivity contribution in [1.82, 2.24) is 10.2 Å². The van der Waals surface area contributed by atoms with E-state index in [-0.39, 0.29) is 11.8 Å². The van der Waals surface area contributed by atoms with Crippen molar-refractivity contribution in [3.63, 3.8) is 0 Å². The Hall–Kier alpha value is -0.610. The van der Waals surface area contributed by atoms with Crippen molar-refractivity contribution < 1.29 is 9.90 Å². The van der Waals surface area contributed by atoms with Crippen molar-refractivity contribution in [2.45, 2.75) is 66.0 Å². The highest BCUT2D eigenvalue weighted by Gasteiger charge is 2.30. The largest absolute Gasteiger partial charge is 0.378 e. The van der Waals surface area contributed by atoms with Crippen molar-refractivity contribution in [2.75, 3.05) is 20.1 Å². The first kappa shape index (κ1) is 19.4. The minimum atomic E-state index is -0.671. The average molecular weight is 286 g/mol. The molecule has 4 heteroatoms. The second kappa shape index (κ2) is 11.1. The Morgan fingerprint density at radius 1 is 1.15 bits per heavy atom. The summed E-state index contributed by atoms with van der Waals surface area (Å²) in [5, 5.41) is 13.3. The molecular weight excluding hydrogens is 252 g/mol. The number of carbonyl (C=O) groups is 1. The zero-order chi connectivity index (χ0) is 15.5. The predicted molar refractivity (Wildman–Crippen MR) is 84.4 cm³/mol. The van der Waals surface area contributed by atoms with Gasteiger partial charge in [-0.1, -0.05) is 40.5 Å². The number of aliphatic hydroxyl groups excluding tert-OH is 1. The summed E-state index contributed by atoms with van der Waals surface area (Å²) in [6.45, 7) is 10.2. The zero-order valence-electron chi connectivity index (χ0n) is 14.0. The summed E-state index contributed by atoms with van der Waals surface area (Å²) in [5.41, 5.74) is 0. The van der Waals surface area contributed by atoms with Crippen LogP contribution in [0.3, 0.4) is 0 Å². The molecule has 2 N–H and O–H groups in total. The van der Waals surface area contributed by atoms with Crippen molar-refractivity contribution in [3.05, 3.63) is 0 Å². The highest BCUT2D eigenvalue weighted by molar-refractivity contribution is 5.78. The molecule has 0 aromatic carbocycles. The summed E-state index contributed by atoms with van der Waals surface area (Å²) >= 11 is 0. The lowest BCUT2D eigenvalue weighted by Gasteiger charge is -2.33. The van der Waals surface area contributed by atoms with Crippen LogP contribution in [0.15, 0.2) is 0 Å². The fraction of sp³-hybridized carbons (Fsp3) is 0.938. The average Bonchev–Trinajstić information content (AvgIpc) is 2.43. The van der Waals surface area contributed by atoms with Crippen molar-refractivity contribution in [1.29, 1.82) is 0 Å². The zero-order valence-corrected chi connectivity index (χ0v) is 14.0. The van der Waals surface area contributed by atoms with Gasteiger partial charge in [0.2, 0.25) is 5.91 Å². The highest BCUT2D eigenvalue weighted by atomic mass is 16.3. The molecular formula is C16H34N2O2. The molecule has 0 aliphatic rings. The summed E-state index contributed by atoms with van der Waals surface area (Å²) in [4.78, 5) is 14.1. The van der Waals surface area contributed by atoms with E-state index in [1.54, 1.807) is 7.05 Å². The summed E-state index contributed by atoms with van der Waals surface area (Å²) in [6.07, 6.45) is 4.37. The standard InChI is InChI=1S/C16H34N2O2/c1-6-8-10-18(11-9-7-2)16(20)14(12-13(3)4)15(19)17-5/h13-14,16,20H,6-12H2,1-5H3,(H,17,19). The Morgan fingerprint density at radius 3 is 2.00 bits per heavy atom. The maximum atomic E-state index is 12.0. The van der Waals surface area contributed by atoms with E-state index in [1.165, 1.54) is 0 Å². The molecule has 0 aromatic heterocycles. The van der Waals surface area contributed by atoms with Crippen LogP contribution < -0.4 is 5.32 Å². The van der Waals surface area contributed by atoms with Crippen LogP contribution in [0.2, 0.25) is 0 Å². The number of hydrogen-bond acceptors (Lipinski definition) is 3. The molecule has 20 heavy (non-hydrogen) atoms. The normalized spacial score (nSPS) is 14.6. The molecule has 0 aliphatic heterocycles.